The highest BCUT2D eigenvalue weighted by molar-refractivity contribution is 9.11. The van der Waals surface area contributed by atoms with Crippen LogP contribution in [-0.4, -0.2) is 26.0 Å². The fraction of sp³-hybridized carbons (Fsp3) is 0.583. The zero-order valence-corrected chi connectivity index (χ0v) is 12.9. The molecule has 1 aromatic rings. The van der Waals surface area contributed by atoms with Crippen LogP contribution in [0.3, 0.4) is 0 Å². The van der Waals surface area contributed by atoms with Crippen LogP contribution in [0.4, 0.5) is 0 Å². The fourth-order valence-electron chi connectivity index (χ4n) is 1.55. The van der Waals surface area contributed by atoms with Crippen LogP contribution in [0.2, 0.25) is 0 Å². The second-order valence-corrected chi connectivity index (χ2v) is 7.40. The molecule has 5 heteroatoms. The van der Waals surface area contributed by atoms with Crippen molar-refractivity contribution in [1.82, 2.24) is 10.6 Å². The Labute approximate surface area is 115 Å². The van der Waals surface area contributed by atoms with Crippen LogP contribution in [0.15, 0.2) is 15.9 Å². The molecule has 1 heterocycles. The summed E-state index contributed by atoms with van der Waals surface area (Å²) < 4.78 is 1.07. The van der Waals surface area contributed by atoms with Crippen molar-refractivity contribution in [1.29, 1.82) is 0 Å². The topological polar surface area (TPSA) is 41.1 Å². The predicted molar refractivity (Wildman–Crippen MR) is 76.4 cm³/mol. The minimum Gasteiger partial charge on any atom is -0.355 e. The fourth-order valence-corrected chi connectivity index (χ4v) is 3.03. The lowest BCUT2D eigenvalue weighted by atomic mass is 9.93. The first kappa shape index (κ1) is 14.7. The Kier molecular flexibility index (Phi) is 5.62. The molecule has 1 aromatic heterocycles. The number of hydrogen-bond donors (Lipinski definition) is 2. The first-order chi connectivity index (χ1) is 7.93. The number of amides is 1. The molecule has 0 saturated heterocycles. The highest BCUT2D eigenvalue weighted by Crippen LogP contribution is 2.22. The second kappa shape index (κ2) is 6.52. The summed E-state index contributed by atoms with van der Waals surface area (Å²) in [5, 5.41) is 6.11. The van der Waals surface area contributed by atoms with E-state index >= 15 is 0 Å². The summed E-state index contributed by atoms with van der Waals surface area (Å²) >= 11 is 5.00. The molecule has 0 radical (unpaired) electrons. The van der Waals surface area contributed by atoms with Crippen LogP contribution >= 0.6 is 27.3 Å². The number of nitrogens with one attached hydrogen (secondary N) is 2. The van der Waals surface area contributed by atoms with Crippen molar-refractivity contribution in [2.75, 3.05) is 20.1 Å². The van der Waals surface area contributed by atoms with Gasteiger partial charge in [0.15, 0.2) is 0 Å². The Morgan fingerprint density at radius 1 is 1.41 bits per heavy atom. The van der Waals surface area contributed by atoms with Crippen LogP contribution in [0.25, 0.3) is 0 Å². The van der Waals surface area contributed by atoms with Crippen LogP contribution in [0.1, 0.15) is 18.7 Å². The molecule has 0 aliphatic carbocycles. The molecule has 17 heavy (non-hydrogen) atoms. The molecule has 0 aromatic carbocycles. The highest BCUT2D eigenvalue weighted by atomic mass is 79.9. The largest absolute Gasteiger partial charge is 0.355 e. The predicted octanol–water partition coefficient (Wildman–Crippen LogP) is 2.41. The van der Waals surface area contributed by atoms with Gasteiger partial charge in [0.2, 0.25) is 5.91 Å². The summed E-state index contributed by atoms with van der Waals surface area (Å²) in [6.45, 7) is 5.84. The van der Waals surface area contributed by atoms with Crippen molar-refractivity contribution in [2.45, 2.75) is 20.3 Å². The molecule has 0 spiro atoms. The van der Waals surface area contributed by atoms with E-state index in [0.29, 0.717) is 13.0 Å². The molecule has 0 aliphatic rings. The van der Waals surface area contributed by atoms with Crippen LogP contribution < -0.4 is 10.6 Å². The van der Waals surface area contributed by atoms with E-state index in [0.717, 1.165) is 15.2 Å². The Morgan fingerprint density at radius 2 is 2.12 bits per heavy atom. The number of carbonyl (C=O) groups is 1. The average Bonchev–Trinajstić information content (AvgIpc) is 2.61. The van der Waals surface area contributed by atoms with E-state index in [1.807, 2.05) is 19.2 Å². The summed E-state index contributed by atoms with van der Waals surface area (Å²) in [7, 11) is 1.92. The van der Waals surface area contributed by atoms with E-state index in [-0.39, 0.29) is 11.3 Å². The van der Waals surface area contributed by atoms with Gasteiger partial charge in [0.05, 0.1) is 10.2 Å². The molecule has 0 atom stereocenters. The van der Waals surface area contributed by atoms with Gasteiger partial charge < -0.3 is 10.6 Å². The van der Waals surface area contributed by atoms with E-state index < -0.39 is 0 Å². The van der Waals surface area contributed by atoms with Gasteiger partial charge in [-0.1, -0.05) is 13.8 Å². The Bertz CT molecular complexity index is 376. The van der Waals surface area contributed by atoms with Gasteiger partial charge in [-0.15, -0.1) is 11.3 Å². The van der Waals surface area contributed by atoms with Crippen LogP contribution in [0, 0.1) is 5.41 Å². The van der Waals surface area contributed by atoms with Gasteiger partial charge in [-0.2, -0.15) is 0 Å². The van der Waals surface area contributed by atoms with E-state index in [4.69, 9.17) is 0 Å². The molecule has 0 aliphatic heterocycles. The summed E-state index contributed by atoms with van der Waals surface area (Å²) in [4.78, 5) is 12.8. The van der Waals surface area contributed by atoms with Crippen LogP contribution in [-0.2, 0) is 11.2 Å². The van der Waals surface area contributed by atoms with Crippen molar-refractivity contribution in [2.24, 2.45) is 5.41 Å². The van der Waals surface area contributed by atoms with Crippen molar-refractivity contribution < 1.29 is 4.79 Å². The summed E-state index contributed by atoms with van der Waals surface area (Å²) in [6, 6.07) is 3.95. The molecular formula is C12H19BrN2OS. The normalized spacial score (nSPS) is 11.5. The molecule has 0 fully saturated rings. The van der Waals surface area contributed by atoms with Crippen molar-refractivity contribution in [3.8, 4) is 0 Å². The molecular weight excluding hydrogens is 300 g/mol. The van der Waals surface area contributed by atoms with E-state index in [1.54, 1.807) is 11.3 Å². The Balaban J connectivity index is 2.35. The van der Waals surface area contributed by atoms with E-state index in [2.05, 4.69) is 40.4 Å². The quantitative estimate of drug-likeness (QED) is 0.845. The third-order valence-corrected chi connectivity index (χ3v) is 4.01. The maximum Gasteiger partial charge on any atom is 0.225 e. The van der Waals surface area contributed by atoms with Crippen LogP contribution in [0.5, 0.6) is 0 Å². The number of halogens is 1. The number of rotatable bonds is 6. The highest BCUT2D eigenvalue weighted by Gasteiger charge is 2.17. The minimum atomic E-state index is 0.0838. The van der Waals surface area contributed by atoms with Crippen molar-refractivity contribution >= 4 is 33.2 Å². The molecule has 2 N–H and O–H groups in total. The zero-order valence-electron chi connectivity index (χ0n) is 10.5. The molecule has 96 valence electrons. The molecule has 3 nitrogen and oxygen atoms in total. The van der Waals surface area contributed by atoms with E-state index in [1.165, 1.54) is 0 Å². The lowest BCUT2D eigenvalue weighted by Crippen LogP contribution is -2.39. The summed E-state index contributed by atoms with van der Waals surface area (Å²) in [5.74, 6) is 0.0866. The lowest BCUT2D eigenvalue weighted by Gasteiger charge is -2.24. The maximum absolute atomic E-state index is 11.7. The van der Waals surface area contributed by atoms with Crippen molar-refractivity contribution in [3.63, 3.8) is 0 Å². The first-order valence-corrected chi connectivity index (χ1v) is 7.19. The van der Waals surface area contributed by atoms with Gasteiger partial charge in [-0.3, -0.25) is 4.79 Å². The molecule has 1 rings (SSSR count). The average molecular weight is 319 g/mol. The van der Waals surface area contributed by atoms with Crippen molar-refractivity contribution in [3.05, 3.63) is 20.8 Å². The standard InChI is InChI=1S/C12H19BrN2OS/c1-12(2,7-14-3)8-15-11(16)6-9-4-5-10(13)17-9/h4-5,14H,6-8H2,1-3H3,(H,15,16). The minimum absolute atomic E-state index is 0.0838. The Hall–Kier alpha value is -0.390. The third kappa shape index (κ3) is 5.66. The van der Waals surface area contributed by atoms with Gasteiger partial charge in [0.1, 0.15) is 0 Å². The smallest absolute Gasteiger partial charge is 0.225 e. The molecule has 0 bridgehead atoms. The zero-order chi connectivity index (χ0) is 12.9. The van der Waals surface area contributed by atoms with Gasteiger partial charge >= 0.3 is 0 Å². The number of carbonyl (C=O) groups excluding carboxylic acids is 1. The second-order valence-electron chi connectivity index (χ2n) is 4.85. The molecule has 1 amide bonds. The molecule has 0 saturated carbocycles. The summed E-state index contributed by atoms with van der Waals surface area (Å²) in [6.07, 6.45) is 0.464. The number of hydrogen-bond acceptors (Lipinski definition) is 3. The maximum atomic E-state index is 11.7. The lowest BCUT2D eigenvalue weighted by molar-refractivity contribution is -0.120. The SMILES string of the molecule is CNCC(C)(C)CNC(=O)Cc1ccc(Br)s1. The monoisotopic (exact) mass is 318 g/mol. The Morgan fingerprint density at radius 3 is 2.65 bits per heavy atom. The first-order valence-electron chi connectivity index (χ1n) is 5.58. The van der Waals surface area contributed by atoms with Gasteiger partial charge in [-0.25, -0.2) is 0 Å². The third-order valence-electron chi connectivity index (χ3n) is 2.38. The van der Waals surface area contributed by atoms with Gasteiger partial charge in [0, 0.05) is 18.0 Å². The van der Waals surface area contributed by atoms with Gasteiger partial charge in [0.25, 0.3) is 0 Å². The number of thiophene rings is 1. The van der Waals surface area contributed by atoms with Gasteiger partial charge in [-0.05, 0) is 40.5 Å². The summed E-state index contributed by atoms with van der Waals surface area (Å²) in [5.41, 5.74) is 0.0838. The van der Waals surface area contributed by atoms with E-state index in [9.17, 15) is 4.79 Å². The molecule has 0 unspecified atom stereocenters.